The normalized spacial score (nSPS) is 15.3. The highest BCUT2D eigenvalue weighted by Crippen LogP contribution is 2.25. The van der Waals surface area contributed by atoms with Crippen molar-refractivity contribution in [3.05, 3.63) is 64.4 Å². The predicted octanol–water partition coefficient (Wildman–Crippen LogP) is 3.47. The molecule has 1 amide bonds. The Bertz CT molecular complexity index is 1050. The molecule has 1 aliphatic rings. The average Bonchev–Trinajstić information content (AvgIpc) is 2.71. The van der Waals surface area contributed by atoms with E-state index >= 15 is 0 Å². The summed E-state index contributed by atoms with van der Waals surface area (Å²) >= 11 is 0. The highest BCUT2D eigenvalue weighted by molar-refractivity contribution is 5.96. The summed E-state index contributed by atoms with van der Waals surface area (Å²) in [4.78, 5) is 27.0. The summed E-state index contributed by atoms with van der Waals surface area (Å²) in [6.45, 7) is 3.89. The standard InChI is InChI=1S/C22H23N3O2/c1-15-11-13-25(14-12-15)21(26)17-9-7-16(8-10-17)20-18-5-3-4-6-19(18)22(27)24(2)23-20/h3-10,15H,11-14H2,1-2H3. The SMILES string of the molecule is CC1CCN(C(=O)c2ccc(-c3nn(C)c(=O)c4ccccc34)cc2)CC1. The lowest BCUT2D eigenvalue weighted by molar-refractivity contribution is 0.0697. The van der Waals surface area contributed by atoms with Crippen molar-refractivity contribution in [2.75, 3.05) is 13.1 Å². The minimum atomic E-state index is -0.111. The first-order chi connectivity index (χ1) is 13.0. The summed E-state index contributed by atoms with van der Waals surface area (Å²) in [6.07, 6.45) is 2.13. The van der Waals surface area contributed by atoms with Gasteiger partial charge in [0.1, 0.15) is 0 Å². The zero-order valence-electron chi connectivity index (χ0n) is 15.7. The van der Waals surface area contributed by atoms with E-state index in [0.717, 1.165) is 42.6 Å². The van der Waals surface area contributed by atoms with Crippen LogP contribution in [0.25, 0.3) is 22.0 Å². The molecule has 4 rings (SSSR count). The number of rotatable bonds is 2. The fourth-order valence-electron chi connectivity index (χ4n) is 3.68. The van der Waals surface area contributed by atoms with Crippen LogP contribution >= 0.6 is 0 Å². The first-order valence-electron chi connectivity index (χ1n) is 9.40. The molecule has 5 nitrogen and oxygen atoms in total. The third-order valence-corrected chi connectivity index (χ3v) is 5.43. The van der Waals surface area contributed by atoms with Gasteiger partial charge in [-0.25, -0.2) is 4.68 Å². The molecule has 0 aliphatic carbocycles. The van der Waals surface area contributed by atoms with Crippen LogP contribution in [0.4, 0.5) is 0 Å². The first-order valence-corrected chi connectivity index (χ1v) is 9.40. The Labute approximate surface area is 158 Å². The average molecular weight is 361 g/mol. The number of hydrogen-bond acceptors (Lipinski definition) is 3. The van der Waals surface area contributed by atoms with Crippen molar-refractivity contribution in [3.8, 4) is 11.3 Å². The van der Waals surface area contributed by atoms with Crippen molar-refractivity contribution in [2.24, 2.45) is 13.0 Å². The summed E-state index contributed by atoms with van der Waals surface area (Å²) in [5.41, 5.74) is 2.23. The topological polar surface area (TPSA) is 55.2 Å². The molecule has 5 heteroatoms. The molecular weight excluding hydrogens is 338 g/mol. The molecule has 1 saturated heterocycles. The smallest absolute Gasteiger partial charge is 0.274 e. The van der Waals surface area contributed by atoms with Gasteiger partial charge in [-0.2, -0.15) is 5.10 Å². The molecule has 2 aromatic carbocycles. The number of aromatic nitrogens is 2. The fraction of sp³-hybridized carbons (Fsp3) is 0.318. The summed E-state index contributed by atoms with van der Waals surface area (Å²) in [7, 11) is 1.66. The zero-order valence-corrected chi connectivity index (χ0v) is 15.7. The van der Waals surface area contributed by atoms with Gasteiger partial charge in [0, 0.05) is 36.7 Å². The van der Waals surface area contributed by atoms with Gasteiger partial charge in [0.2, 0.25) is 0 Å². The molecule has 2 heterocycles. The fourth-order valence-corrected chi connectivity index (χ4v) is 3.68. The Hall–Kier alpha value is -2.95. The van der Waals surface area contributed by atoms with E-state index in [1.165, 1.54) is 4.68 Å². The van der Waals surface area contributed by atoms with Gasteiger partial charge >= 0.3 is 0 Å². The van der Waals surface area contributed by atoms with Gasteiger partial charge in [-0.3, -0.25) is 9.59 Å². The van der Waals surface area contributed by atoms with Crippen LogP contribution in [0.2, 0.25) is 0 Å². The molecular formula is C22H23N3O2. The van der Waals surface area contributed by atoms with Crippen molar-refractivity contribution in [1.29, 1.82) is 0 Å². The van der Waals surface area contributed by atoms with E-state index in [1.807, 2.05) is 53.4 Å². The van der Waals surface area contributed by atoms with E-state index in [-0.39, 0.29) is 11.5 Å². The number of aryl methyl sites for hydroxylation is 1. The Balaban J connectivity index is 1.67. The number of hydrogen-bond donors (Lipinski definition) is 0. The molecule has 0 radical (unpaired) electrons. The highest BCUT2D eigenvalue weighted by Gasteiger charge is 2.21. The van der Waals surface area contributed by atoms with Crippen LogP contribution in [0.5, 0.6) is 0 Å². The molecule has 3 aromatic rings. The lowest BCUT2D eigenvalue weighted by atomic mass is 9.98. The molecule has 1 aliphatic heterocycles. The number of fused-ring (bicyclic) bond motifs is 1. The molecule has 0 N–H and O–H groups in total. The number of benzene rings is 2. The second kappa shape index (κ2) is 6.99. The van der Waals surface area contributed by atoms with Crippen LogP contribution in [0, 0.1) is 5.92 Å². The zero-order chi connectivity index (χ0) is 19.0. The maximum atomic E-state index is 12.7. The second-order valence-corrected chi connectivity index (χ2v) is 7.38. The molecule has 0 bridgehead atoms. The van der Waals surface area contributed by atoms with E-state index in [9.17, 15) is 9.59 Å². The number of carbonyl (C=O) groups excluding carboxylic acids is 1. The molecule has 0 spiro atoms. The maximum Gasteiger partial charge on any atom is 0.274 e. The van der Waals surface area contributed by atoms with E-state index in [1.54, 1.807) is 7.05 Å². The van der Waals surface area contributed by atoms with Crippen LogP contribution in [0.1, 0.15) is 30.1 Å². The van der Waals surface area contributed by atoms with E-state index in [0.29, 0.717) is 16.9 Å². The molecule has 0 saturated carbocycles. The minimum absolute atomic E-state index is 0.0896. The van der Waals surface area contributed by atoms with Crippen LogP contribution in [0.15, 0.2) is 53.3 Å². The van der Waals surface area contributed by atoms with Crippen molar-refractivity contribution in [3.63, 3.8) is 0 Å². The number of nitrogens with zero attached hydrogens (tertiary/aromatic N) is 3. The van der Waals surface area contributed by atoms with Gasteiger partial charge in [-0.05, 0) is 37.0 Å². The van der Waals surface area contributed by atoms with Crippen LogP contribution in [-0.2, 0) is 7.05 Å². The van der Waals surface area contributed by atoms with Crippen molar-refractivity contribution in [2.45, 2.75) is 19.8 Å². The monoisotopic (exact) mass is 361 g/mol. The third kappa shape index (κ3) is 3.25. The Kier molecular flexibility index (Phi) is 4.52. The highest BCUT2D eigenvalue weighted by atomic mass is 16.2. The number of amides is 1. The Morgan fingerprint density at radius 2 is 1.63 bits per heavy atom. The summed E-state index contributed by atoms with van der Waals surface area (Å²) < 4.78 is 1.37. The Morgan fingerprint density at radius 1 is 1.00 bits per heavy atom. The van der Waals surface area contributed by atoms with Gasteiger partial charge < -0.3 is 4.90 Å². The van der Waals surface area contributed by atoms with Crippen molar-refractivity contribution < 1.29 is 4.79 Å². The lowest BCUT2D eigenvalue weighted by Crippen LogP contribution is -2.37. The summed E-state index contributed by atoms with van der Waals surface area (Å²) in [5, 5.41) is 5.92. The van der Waals surface area contributed by atoms with E-state index < -0.39 is 0 Å². The van der Waals surface area contributed by atoms with Gasteiger partial charge in [-0.1, -0.05) is 37.3 Å². The van der Waals surface area contributed by atoms with Gasteiger partial charge in [-0.15, -0.1) is 0 Å². The van der Waals surface area contributed by atoms with Crippen LogP contribution in [0.3, 0.4) is 0 Å². The lowest BCUT2D eigenvalue weighted by Gasteiger charge is -2.30. The van der Waals surface area contributed by atoms with Gasteiger partial charge in [0.15, 0.2) is 0 Å². The van der Waals surface area contributed by atoms with Crippen LogP contribution in [-0.4, -0.2) is 33.7 Å². The number of piperidine rings is 1. The molecule has 27 heavy (non-hydrogen) atoms. The third-order valence-electron chi connectivity index (χ3n) is 5.43. The maximum absolute atomic E-state index is 12.7. The minimum Gasteiger partial charge on any atom is -0.339 e. The van der Waals surface area contributed by atoms with Crippen molar-refractivity contribution >= 4 is 16.7 Å². The number of likely N-dealkylation sites (tertiary alicyclic amines) is 1. The van der Waals surface area contributed by atoms with Crippen LogP contribution < -0.4 is 5.56 Å². The first kappa shape index (κ1) is 17.5. The predicted molar refractivity (Wildman–Crippen MR) is 107 cm³/mol. The van der Waals surface area contributed by atoms with Crippen molar-refractivity contribution in [1.82, 2.24) is 14.7 Å². The quantitative estimate of drug-likeness (QED) is 0.702. The number of carbonyl (C=O) groups is 1. The van der Waals surface area contributed by atoms with Gasteiger partial charge in [0.25, 0.3) is 11.5 Å². The summed E-state index contributed by atoms with van der Waals surface area (Å²) in [5.74, 6) is 0.784. The molecule has 0 unspecified atom stereocenters. The molecule has 138 valence electrons. The van der Waals surface area contributed by atoms with E-state index in [2.05, 4.69) is 12.0 Å². The second-order valence-electron chi connectivity index (χ2n) is 7.38. The van der Waals surface area contributed by atoms with E-state index in [4.69, 9.17) is 0 Å². The largest absolute Gasteiger partial charge is 0.339 e. The Morgan fingerprint density at radius 3 is 2.30 bits per heavy atom. The molecule has 1 aromatic heterocycles. The molecule has 1 fully saturated rings. The summed E-state index contributed by atoms with van der Waals surface area (Å²) in [6, 6.07) is 15.0. The van der Waals surface area contributed by atoms with Gasteiger partial charge in [0.05, 0.1) is 11.1 Å². The molecule has 0 atom stereocenters.